The van der Waals surface area contributed by atoms with Crippen LogP contribution in [0.3, 0.4) is 0 Å². The van der Waals surface area contributed by atoms with Crippen LogP contribution < -0.4 is 10.6 Å². The molecule has 2 N–H and O–H groups in total. The molecule has 0 unspecified atom stereocenters. The summed E-state index contributed by atoms with van der Waals surface area (Å²) in [6, 6.07) is 24.6. The summed E-state index contributed by atoms with van der Waals surface area (Å²) >= 11 is 1.20. The van der Waals surface area contributed by atoms with Crippen molar-refractivity contribution in [2.45, 2.75) is 5.92 Å². The maximum Gasteiger partial charge on any atom is 0.346 e. The molecule has 34 heavy (non-hydrogen) atoms. The molecule has 1 aromatic heterocycles. The van der Waals surface area contributed by atoms with Crippen molar-refractivity contribution in [3.05, 3.63) is 107 Å². The smallest absolute Gasteiger partial charge is 0.346 e. The van der Waals surface area contributed by atoms with Gasteiger partial charge in [-0.15, -0.1) is 10.2 Å². The molecule has 9 heteroatoms. The van der Waals surface area contributed by atoms with E-state index in [1.807, 2.05) is 36.4 Å². The number of esters is 2. The fourth-order valence-corrected chi connectivity index (χ4v) is 4.37. The zero-order chi connectivity index (χ0) is 23.5. The van der Waals surface area contributed by atoms with Crippen molar-refractivity contribution in [1.82, 2.24) is 10.2 Å². The number of ether oxygens (including phenoxy) is 1. The number of aromatic nitrogens is 2. The van der Waals surface area contributed by atoms with Gasteiger partial charge in [0, 0.05) is 18.0 Å². The van der Waals surface area contributed by atoms with Gasteiger partial charge in [0.25, 0.3) is 5.91 Å². The Hall–Kier alpha value is -4.37. The van der Waals surface area contributed by atoms with E-state index in [4.69, 9.17) is 0 Å². The number of amides is 1. The molecule has 1 amide bonds. The van der Waals surface area contributed by atoms with Crippen molar-refractivity contribution in [2.24, 2.45) is 0 Å². The maximum atomic E-state index is 12.6. The molecule has 3 aromatic carbocycles. The number of fused-ring (bicyclic) bond motifs is 1. The Bertz CT molecular complexity index is 1330. The van der Waals surface area contributed by atoms with Crippen LogP contribution in [-0.2, 0) is 4.74 Å². The number of hydrogen-bond acceptors (Lipinski definition) is 8. The van der Waals surface area contributed by atoms with Crippen LogP contribution in [0.2, 0.25) is 0 Å². The van der Waals surface area contributed by atoms with Crippen LogP contribution in [0, 0.1) is 0 Å². The first-order valence-corrected chi connectivity index (χ1v) is 11.3. The first-order chi connectivity index (χ1) is 16.6. The summed E-state index contributed by atoms with van der Waals surface area (Å²) in [6.07, 6.45) is 0. The van der Waals surface area contributed by atoms with Gasteiger partial charge >= 0.3 is 11.9 Å². The molecule has 1 aliphatic rings. The highest BCUT2D eigenvalue weighted by atomic mass is 32.1. The van der Waals surface area contributed by atoms with Gasteiger partial charge in [0.2, 0.25) is 10.3 Å². The highest BCUT2D eigenvalue weighted by molar-refractivity contribution is 7.19. The molecular formula is C25H18N4O4S. The minimum Gasteiger partial charge on any atom is -0.386 e. The summed E-state index contributed by atoms with van der Waals surface area (Å²) in [7, 11) is 0. The largest absolute Gasteiger partial charge is 0.386 e. The number of cyclic esters (lactones) is 2. The fourth-order valence-electron chi connectivity index (χ4n) is 3.73. The molecule has 0 fully saturated rings. The molecule has 0 aliphatic carbocycles. The van der Waals surface area contributed by atoms with E-state index in [9.17, 15) is 14.4 Å². The number of rotatable bonds is 7. The van der Waals surface area contributed by atoms with Crippen LogP contribution in [0.25, 0.3) is 0 Å². The van der Waals surface area contributed by atoms with Gasteiger partial charge in [0.15, 0.2) is 0 Å². The molecule has 0 atom stereocenters. The van der Waals surface area contributed by atoms with Gasteiger partial charge in [0.05, 0.1) is 11.1 Å². The Kier molecular flexibility index (Phi) is 5.84. The molecule has 5 rings (SSSR count). The standard InChI is InChI=1S/C25H18N4O4S/c30-21(17-11-12-18-19(13-17)23(32)33-22(18)31)27-25-29-28-24(34-25)26-14-20(15-7-3-1-4-8-15)16-9-5-2-6-10-16/h1-13,20H,14H2,(H,26,28)(H,27,29,30). The van der Waals surface area contributed by atoms with E-state index in [0.717, 1.165) is 0 Å². The lowest BCUT2D eigenvalue weighted by Crippen LogP contribution is -2.14. The number of benzene rings is 3. The molecule has 8 nitrogen and oxygen atoms in total. The van der Waals surface area contributed by atoms with Gasteiger partial charge in [-0.05, 0) is 29.3 Å². The van der Waals surface area contributed by atoms with Crippen molar-refractivity contribution < 1.29 is 19.1 Å². The minimum atomic E-state index is -0.761. The van der Waals surface area contributed by atoms with Gasteiger partial charge in [-0.3, -0.25) is 10.1 Å². The lowest BCUT2D eigenvalue weighted by atomic mass is 9.91. The Morgan fingerprint density at radius 2 is 1.44 bits per heavy atom. The zero-order valence-electron chi connectivity index (χ0n) is 17.7. The summed E-state index contributed by atoms with van der Waals surface area (Å²) in [6.45, 7) is 0.595. The van der Waals surface area contributed by atoms with E-state index in [0.29, 0.717) is 16.8 Å². The summed E-state index contributed by atoms with van der Waals surface area (Å²) in [5.41, 5.74) is 2.78. The van der Waals surface area contributed by atoms with Crippen LogP contribution in [0.5, 0.6) is 0 Å². The third-order valence-electron chi connectivity index (χ3n) is 5.41. The lowest BCUT2D eigenvalue weighted by molar-refractivity contribution is 0.0443. The molecule has 1 aliphatic heterocycles. The summed E-state index contributed by atoms with van der Waals surface area (Å²) in [5, 5.41) is 15.0. The number of nitrogens with one attached hydrogen (secondary N) is 2. The van der Waals surface area contributed by atoms with Gasteiger partial charge in [-0.2, -0.15) is 0 Å². The third kappa shape index (κ3) is 4.41. The highest BCUT2D eigenvalue weighted by Gasteiger charge is 2.30. The van der Waals surface area contributed by atoms with E-state index in [2.05, 4.69) is 49.8 Å². The molecule has 0 spiro atoms. The number of carbonyl (C=O) groups excluding carboxylic acids is 3. The second kappa shape index (κ2) is 9.24. The number of anilines is 2. The molecule has 0 bridgehead atoms. The van der Waals surface area contributed by atoms with Crippen molar-refractivity contribution in [1.29, 1.82) is 0 Å². The highest BCUT2D eigenvalue weighted by Crippen LogP contribution is 2.27. The average molecular weight is 471 g/mol. The SMILES string of the molecule is O=C(Nc1nnc(NCC(c2ccccc2)c2ccccc2)s1)c1ccc2c(c1)C(=O)OC2=O. The van der Waals surface area contributed by atoms with Gasteiger partial charge in [-0.25, -0.2) is 9.59 Å². The first-order valence-electron chi connectivity index (χ1n) is 10.5. The van der Waals surface area contributed by atoms with Crippen LogP contribution >= 0.6 is 11.3 Å². The van der Waals surface area contributed by atoms with E-state index in [1.54, 1.807) is 0 Å². The Morgan fingerprint density at radius 3 is 2.12 bits per heavy atom. The average Bonchev–Trinajstić information content (AvgIpc) is 3.43. The van der Waals surface area contributed by atoms with Crippen LogP contribution in [-0.4, -0.2) is 34.6 Å². The van der Waals surface area contributed by atoms with E-state index >= 15 is 0 Å². The topological polar surface area (TPSA) is 110 Å². The molecule has 0 radical (unpaired) electrons. The Balaban J connectivity index is 1.27. The van der Waals surface area contributed by atoms with Crippen molar-refractivity contribution in [3.8, 4) is 0 Å². The van der Waals surface area contributed by atoms with Crippen molar-refractivity contribution in [3.63, 3.8) is 0 Å². The predicted molar refractivity (Wildman–Crippen MR) is 127 cm³/mol. The summed E-state index contributed by atoms with van der Waals surface area (Å²) < 4.78 is 4.56. The quantitative estimate of drug-likeness (QED) is 0.305. The number of nitrogens with zero attached hydrogens (tertiary/aromatic N) is 2. The normalized spacial score (nSPS) is 12.4. The lowest BCUT2D eigenvalue weighted by Gasteiger charge is -2.18. The molecule has 0 saturated carbocycles. The fraction of sp³-hybridized carbons (Fsp3) is 0.0800. The van der Waals surface area contributed by atoms with E-state index in [1.165, 1.54) is 40.7 Å². The van der Waals surface area contributed by atoms with E-state index in [-0.39, 0.29) is 22.6 Å². The van der Waals surface area contributed by atoms with Crippen LogP contribution in [0.1, 0.15) is 48.1 Å². The molecular weight excluding hydrogens is 452 g/mol. The van der Waals surface area contributed by atoms with Crippen molar-refractivity contribution >= 4 is 39.4 Å². The van der Waals surface area contributed by atoms with Gasteiger partial charge in [-0.1, -0.05) is 72.0 Å². The maximum absolute atomic E-state index is 12.6. The minimum absolute atomic E-state index is 0.0742. The van der Waals surface area contributed by atoms with Crippen LogP contribution in [0.4, 0.5) is 10.3 Å². The monoisotopic (exact) mass is 470 g/mol. The number of carbonyl (C=O) groups is 3. The Morgan fingerprint density at radius 1 is 0.824 bits per heavy atom. The predicted octanol–water partition coefficient (Wildman–Crippen LogP) is 4.35. The second-order valence-corrected chi connectivity index (χ2v) is 8.54. The summed E-state index contributed by atoms with van der Waals surface area (Å²) in [5.74, 6) is -1.83. The molecule has 2 heterocycles. The number of hydrogen-bond donors (Lipinski definition) is 2. The molecule has 0 saturated heterocycles. The molecule has 4 aromatic rings. The third-order valence-corrected chi connectivity index (χ3v) is 6.21. The zero-order valence-corrected chi connectivity index (χ0v) is 18.5. The molecule has 168 valence electrons. The van der Waals surface area contributed by atoms with Crippen molar-refractivity contribution in [2.75, 3.05) is 17.2 Å². The van der Waals surface area contributed by atoms with E-state index < -0.39 is 17.8 Å². The first kappa shape index (κ1) is 21.5. The second-order valence-electron chi connectivity index (χ2n) is 7.56. The van der Waals surface area contributed by atoms with Gasteiger partial charge < -0.3 is 10.1 Å². The van der Waals surface area contributed by atoms with Crippen LogP contribution in [0.15, 0.2) is 78.9 Å². The summed E-state index contributed by atoms with van der Waals surface area (Å²) in [4.78, 5) is 35.9. The Labute approximate surface area is 198 Å². The van der Waals surface area contributed by atoms with Gasteiger partial charge in [0.1, 0.15) is 0 Å².